The molecule has 11 heteroatoms. The maximum atomic E-state index is 13.5. The molecular formula is C30H40N6O5. The Morgan fingerprint density at radius 3 is 2.54 bits per heavy atom. The number of carboxylic acid groups (broad SMARTS) is 1. The molecule has 1 aliphatic rings. The maximum absolute atomic E-state index is 13.5. The Labute approximate surface area is 240 Å². The van der Waals surface area contributed by atoms with E-state index in [2.05, 4.69) is 21.0 Å². The molecule has 0 radical (unpaired) electrons. The summed E-state index contributed by atoms with van der Waals surface area (Å²) in [6, 6.07) is 14.8. The van der Waals surface area contributed by atoms with Gasteiger partial charge >= 0.3 is 0 Å². The van der Waals surface area contributed by atoms with Crippen molar-refractivity contribution >= 4 is 29.7 Å². The monoisotopic (exact) mass is 564 g/mol. The molecule has 11 nitrogen and oxygen atoms in total. The number of aliphatic hydroxyl groups is 1. The third-order valence-electron chi connectivity index (χ3n) is 6.72. The van der Waals surface area contributed by atoms with Crippen molar-refractivity contribution in [1.29, 1.82) is 0 Å². The standard InChI is InChI=1S/C29H38N6O3.CH2O2/c1-3-31-24-14-23(15-25(16-24)35-12-8-11-28(35)37)29(38)33-26(13-21-9-6-5-7-10-21)27(36)19-30-17-22-18-32-34(4-2)20-22;2-1-3/h5-7,9-10,14-16,18,20,26-27,30-31,36H,3-4,8,11-13,17,19H2,1-2H3,(H,33,38);1H,(H,2,3)/t26-,27+;/m0./s1. The highest BCUT2D eigenvalue weighted by molar-refractivity contribution is 6.00. The smallest absolute Gasteiger partial charge is 0.290 e. The van der Waals surface area contributed by atoms with Gasteiger partial charge in [-0.25, -0.2) is 0 Å². The van der Waals surface area contributed by atoms with Gasteiger partial charge in [0.15, 0.2) is 0 Å². The molecule has 5 N–H and O–H groups in total. The van der Waals surface area contributed by atoms with Crippen LogP contribution in [-0.4, -0.2) is 70.1 Å². The van der Waals surface area contributed by atoms with Crippen molar-refractivity contribution in [3.8, 4) is 0 Å². The Balaban J connectivity index is 0.00000147. The Kier molecular flexibility index (Phi) is 12.3. The predicted octanol–water partition coefficient (Wildman–Crippen LogP) is 2.65. The van der Waals surface area contributed by atoms with E-state index in [-0.39, 0.29) is 18.3 Å². The average Bonchev–Trinajstić information content (AvgIpc) is 3.62. The minimum atomic E-state index is -0.822. The van der Waals surface area contributed by atoms with E-state index >= 15 is 0 Å². The van der Waals surface area contributed by atoms with Crippen LogP contribution >= 0.6 is 0 Å². The molecule has 0 bridgehead atoms. The van der Waals surface area contributed by atoms with Gasteiger partial charge in [-0.05, 0) is 50.5 Å². The minimum absolute atomic E-state index is 0.0675. The molecule has 4 rings (SSSR count). The molecule has 2 heterocycles. The number of rotatable bonds is 13. The number of nitrogens with one attached hydrogen (secondary N) is 3. The van der Waals surface area contributed by atoms with Crippen molar-refractivity contribution in [1.82, 2.24) is 20.4 Å². The lowest BCUT2D eigenvalue weighted by Crippen LogP contribution is -2.48. The number of anilines is 2. The highest BCUT2D eigenvalue weighted by atomic mass is 16.3. The van der Waals surface area contributed by atoms with E-state index in [1.807, 2.05) is 67.3 Å². The van der Waals surface area contributed by atoms with E-state index in [0.717, 1.165) is 29.8 Å². The van der Waals surface area contributed by atoms with Crippen LogP contribution in [0.5, 0.6) is 0 Å². The number of amides is 2. The summed E-state index contributed by atoms with van der Waals surface area (Å²) < 4.78 is 1.86. The predicted molar refractivity (Wildman–Crippen MR) is 158 cm³/mol. The molecule has 2 amide bonds. The lowest BCUT2D eigenvalue weighted by atomic mass is 10.00. The first kappa shape index (κ1) is 31.3. The first-order chi connectivity index (χ1) is 19.9. The average molecular weight is 565 g/mol. The molecule has 1 fully saturated rings. The Hall–Kier alpha value is -4.22. The summed E-state index contributed by atoms with van der Waals surface area (Å²) in [6.45, 7) is 6.78. The summed E-state index contributed by atoms with van der Waals surface area (Å²) in [5.41, 5.74) is 4.00. The van der Waals surface area contributed by atoms with E-state index < -0.39 is 12.1 Å². The third kappa shape index (κ3) is 9.44. The van der Waals surface area contributed by atoms with E-state index in [1.165, 1.54) is 0 Å². The van der Waals surface area contributed by atoms with Gasteiger partial charge in [-0.2, -0.15) is 5.10 Å². The third-order valence-corrected chi connectivity index (χ3v) is 6.72. The fraction of sp³-hybridized carbons (Fsp3) is 0.400. The van der Waals surface area contributed by atoms with Gasteiger partial charge in [0.1, 0.15) is 0 Å². The Bertz CT molecular complexity index is 1270. The molecule has 1 aliphatic heterocycles. The molecule has 1 saturated heterocycles. The van der Waals surface area contributed by atoms with Crippen LogP contribution in [0.15, 0.2) is 60.9 Å². The van der Waals surface area contributed by atoms with Crippen LogP contribution in [-0.2, 0) is 29.1 Å². The van der Waals surface area contributed by atoms with Crippen LogP contribution in [0.3, 0.4) is 0 Å². The summed E-state index contributed by atoms with van der Waals surface area (Å²) in [7, 11) is 0. The van der Waals surface area contributed by atoms with Gasteiger partial charge in [0.2, 0.25) is 5.91 Å². The van der Waals surface area contributed by atoms with Crippen LogP contribution in [0.2, 0.25) is 0 Å². The van der Waals surface area contributed by atoms with Crippen LogP contribution in [0.25, 0.3) is 0 Å². The van der Waals surface area contributed by atoms with Gasteiger partial charge in [0.05, 0.1) is 18.3 Å². The molecule has 3 aromatic rings. The van der Waals surface area contributed by atoms with Gasteiger partial charge in [-0.15, -0.1) is 0 Å². The molecule has 0 spiro atoms. The van der Waals surface area contributed by atoms with Crippen molar-refractivity contribution in [2.75, 3.05) is 29.9 Å². The van der Waals surface area contributed by atoms with Crippen molar-refractivity contribution in [3.63, 3.8) is 0 Å². The number of nitrogens with zero attached hydrogens (tertiary/aromatic N) is 3. The highest BCUT2D eigenvalue weighted by Gasteiger charge is 2.25. The molecule has 41 heavy (non-hydrogen) atoms. The quantitative estimate of drug-likeness (QED) is 0.199. The van der Waals surface area contributed by atoms with Gasteiger partial charge in [0.25, 0.3) is 12.4 Å². The van der Waals surface area contributed by atoms with E-state index in [1.54, 1.807) is 17.0 Å². The lowest BCUT2D eigenvalue weighted by molar-refractivity contribution is -0.123. The highest BCUT2D eigenvalue weighted by Crippen LogP contribution is 2.27. The van der Waals surface area contributed by atoms with Crippen LogP contribution in [0, 0.1) is 0 Å². The van der Waals surface area contributed by atoms with Gasteiger partial charge < -0.3 is 31.1 Å². The van der Waals surface area contributed by atoms with Crippen LogP contribution in [0.1, 0.15) is 48.2 Å². The van der Waals surface area contributed by atoms with Crippen molar-refractivity contribution in [2.45, 2.75) is 58.3 Å². The van der Waals surface area contributed by atoms with E-state index in [9.17, 15) is 14.7 Å². The van der Waals surface area contributed by atoms with Crippen LogP contribution in [0.4, 0.5) is 11.4 Å². The second kappa shape index (κ2) is 16.1. The number of hydrogen-bond acceptors (Lipinski definition) is 7. The molecular weight excluding hydrogens is 524 g/mol. The number of carbonyl (C=O) groups excluding carboxylic acids is 2. The SMILES string of the molecule is CCNc1cc(C(=O)N[C@@H](Cc2ccccc2)[C@H](O)CNCc2cnn(CC)c2)cc(N2CCCC2=O)c1.O=CO. The number of aliphatic hydroxyl groups excluding tert-OH is 1. The zero-order chi connectivity index (χ0) is 29.6. The lowest BCUT2D eigenvalue weighted by Gasteiger charge is -2.25. The first-order valence-electron chi connectivity index (χ1n) is 13.9. The van der Waals surface area contributed by atoms with Gasteiger partial charge in [0, 0.05) is 67.8 Å². The minimum Gasteiger partial charge on any atom is -0.483 e. The van der Waals surface area contributed by atoms with E-state index in [4.69, 9.17) is 9.90 Å². The van der Waals surface area contributed by atoms with Crippen molar-refractivity contribution < 1.29 is 24.6 Å². The number of carbonyl (C=O) groups is 3. The summed E-state index contributed by atoms with van der Waals surface area (Å²) in [5, 5.41) is 31.9. The van der Waals surface area contributed by atoms with Crippen LogP contribution < -0.4 is 20.9 Å². The molecule has 1 aromatic heterocycles. The number of aryl methyl sites for hydroxylation is 1. The first-order valence-corrected chi connectivity index (χ1v) is 13.9. The topological polar surface area (TPSA) is 149 Å². The second-order valence-electron chi connectivity index (χ2n) is 9.73. The second-order valence-corrected chi connectivity index (χ2v) is 9.73. The van der Waals surface area contributed by atoms with Crippen molar-refractivity contribution in [3.05, 3.63) is 77.6 Å². The fourth-order valence-electron chi connectivity index (χ4n) is 4.71. The van der Waals surface area contributed by atoms with Gasteiger partial charge in [-0.3, -0.25) is 19.1 Å². The molecule has 2 atom stereocenters. The van der Waals surface area contributed by atoms with Gasteiger partial charge in [-0.1, -0.05) is 30.3 Å². The molecule has 220 valence electrons. The zero-order valence-corrected chi connectivity index (χ0v) is 23.6. The maximum Gasteiger partial charge on any atom is 0.290 e. The zero-order valence-electron chi connectivity index (χ0n) is 23.6. The largest absolute Gasteiger partial charge is 0.483 e. The summed E-state index contributed by atoms with van der Waals surface area (Å²) in [6.07, 6.45) is 4.77. The fourth-order valence-corrected chi connectivity index (χ4v) is 4.71. The molecule has 0 aliphatic carbocycles. The van der Waals surface area contributed by atoms with Crippen molar-refractivity contribution in [2.24, 2.45) is 0 Å². The number of hydrogen-bond donors (Lipinski definition) is 5. The summed E-state index contributed by atoms with van der Waals surface area (Å²) in [5.74, 6) is -0.222. The normalized spacial score (nSPS) is 14.1. The molecule has 2 aromatic carbocycles. The number of benzene rings is 2. The van der Waals surface area contributed by atoms with E-state index in [0.29, 0.717) is 50.3 Å². The summed E-state index contributed by atoms with van der Waals surface area (Å²) in [4.78, 5) is 36.0. The molecule has 0 unspecified atom stereocenters. The molecule has 0 saturated carbocycles. The Morgan fingerprint density at radius 1 is 1.15 bits per heavy atom. The summed E-state index contributed by atoms with van der Waals surface area (Å²) >= 11 is 0. The Morgan fingerprint density at radius 2 is 1.90 bits per heavy atom. The number of aromatic nitrogens is 2.